The molecule has 0 saturated carbocycles. The van der Waals surface area contributed by atoms with Crippen molar-refractivity contribution < 1.29 is 9.53 Å². The van der Waals surface area contributed by atoms with Gasteiger partial charge in [-0.2, -0.15) is 0 Å². The summed E-state index contributed by atoms with van der Waals surface area (Å²) < 4.78 is 5.14. The van der Waals surface area contributed by atoms with E-state index in [0.29, 0.717) is 6.42 Å². The summed E-state index contributed by atoms with van der Waals surface area (Å²) in [6.45, 7) is 1.97. The van der Waals surface area contributed by atoms with E-state index in [2.05, 4.69) is 0 Å². The van der Waals surface area contributed by atoms with Crippen molar-refractivity contribution >= 4 is 17.1 Å². The lowest BCUT2D eigenvalue weighted by molar-refractivity contribution is 0.0996. The van der Waals surface area contributed by atoms with Gasteiger partial charge in [0.25, 0.3) is 0 Å². The lowest BCUT2D eigenvalue weighted by Crippen LogP contribution is -2.02. The summed E-state index contributed by atoms with van der Waals surface area (Å²) in [7, 11) is 1.63. The van der Waals surface area contributed by atoms with Crippen LogP contribution in [0.15, 0.2) is 35.7 Å². The minimum atomic E-state index is 0.172. The highest BCUT2D eigenvalue weighted by Crippen LogP contribution is 2.19. The number of carbonyl (C=O) groups is 1. The number of aryl methyl sites for hydroxylation is 1. The van der Waals surface area contributed by atoms with Gasteiger partial charge in [0.2, 0.25) is 0 Å². The molecule has 0 aliphatic heterocycles. The molecule has 3 heteroatoms. The SMILES string of the molecule is COc1cccc(CC(=O)c2sccc2C)c1. The first-order valence-corrected chi connectivity index (χ1v) is 6.29. The molecule has 0 unspecified atom stereocenters. The van der Waals surface area contributed by atoms with Gasteiger partial charge in [-0.3, -0.25) is 4.79 Å². The van der Waals surface area contributed by atoms with Crippen LogP contribution in [0.5, 0.6) is 5.75 Å². The Hall–Kier alpha value is -1.61. The van der Waals surface area contributed by atoms with Gasteiger partial charge in [-0.1, -0.05) is 12.1 Å². The van der Waals surface area contributed by atoms with Crippen molar-refractivity contribution in [1.82, 2.24) is 0 Å². The molecule has 2 rings (SSSR count). The highest BCUT2D eigenvalue weighted by Gasteiger charge is 2.11. The van der Waals surface area contributed by atoms with Crippen LogP contribution in [0.4, 0.5) is 0 Å². The summed E-state index contributed by atoms with van der Waals surface area (Å²) in [6, 6.07) is 9.61. The molecule has 0 saturated heterocycles. The van der Waals surface area contributed by atoms with E-state index in [-0.39, 0.29) is 5.78 Å². The average molecular weight is 246 g/mol. The van der Waals surface area contributed by atoms with Crippen molar-refractivity contribution in [1.29, 1.82) is 0 Å². The molecule has 1 aromatic carbocycles. The second-order valence-corrected chi connectivity index (χ2v) is 4.80. The van der Waals surface area contributed by atoms with E-state index < -0.39 is 0 Å². The van der Waals surface area contributed by atoms with Gasteiger partial charge in [0.15, 0.2) is 5.78 Å². The summed E-state index contributed by atoms with van der Waals surface area (Å²) >= 11 is 1.51. The van der Waals surface area contributed by atoms with E-state index in [1.54, 1.807) is 7.11 Å². The molecule has 88 valence electrons. The van der Waals surface area contributed by atoms with E-state index in [0.717, 1.165) is 21.8 Å². The summed E-state index contributed by atoms with van der Waals surface area (Å²) in [5, 5.41) is 1.95. The smallest absolute Gasteiger partial charge is 0.177 e. The predicted octanol–water partition coefficient (Wildman–Crippen LogP) is 3.49. The van der Waals surface area contributed by atoms with Crippen molar-refractivity contribution in [3.63, 3.8) is 0 Å². The van der Waals surface area contributed by atoms with Crippen LogP contribution in [-0.2, 0) is 6.42 Å². The van der Waals surface area contributed by atoms with Crippen LogP contribution in [0.25, 0.3) is 0 Å². The Balaban J connectivity index is 2.16. The van der Waals surface area contributed by atoms with Gasteiger partial charge in [-0.05, 0) is 41.6 Å². The zero-order valence-corrected chi connectivity index (χ0v) is 10.7. The Labute approximate surface area is 105 Å². The maximum atomic E-state index is 12.1. The molecule has 1 heterocycles. The molecule has 17 heavy (non-hydrogen) atoms. The van der Waals surface area contributed by atoms with Gasteiger partial charge < -0.3 is 4.74 Å². The Kier molecular flexibility index (Phi) is 3.59. The second kappa shape index (κ2) is 5.15. The highest BCUT2D eigenvalue weighted by molar-refractivity contribution is 7.12. The first-order chi connectivity index (χ1) is 8.20. The van der Waals surface area contributed by atoms with E-state index in [1.807, 2.05) is 42.6 Å². The molecule has 1 aromatic heterocycles. The third kappa shape index (κ3) is 2.74. The standard InChI is InChI=1S/C14H14O2S/c1-10-6-7-17-14(10)13(15)9-11-4-3-5-12(8-11)16-2/h3-8H,9H2,1-2H3. The molecule has 0 atom stereocenters. The zero-order chi connectivity index (χ0) is 12.3. The van der Waals surface area contributed by atoms with Crippen LogP contribution in [0.2, 0.25) is 0 Å². The number of rotatable bonds is 4. The summed E-state index contributed by atoms with van der Waals surface area (Å²) in [6.07, 6.45) is 0.429. The Bertz CT molecular complexity index is 529. The van der Waals surface area contributed by atoms with Crippen LogP contribution in [0.1, 0.15) is 20.8 Å². The number of hydrogen-bond donors (Lipinski definition) is 0. The minimum Gasteiger partial charge on any atom is -0.497 e. The van der Waals surface area contributed by atoms with Crippen LogP contribution in [0.3, 0.4) is 0 Å². The highest BCUT2D eigenvalue weighted by atomic mass is 32.1. The maximum absolute atomic E-state index is 12.1. The average Bonchev–Trinajstić information content (AvgIpc) is 2.76. The predicted molar refractivity (Wildman–Crippen MR) is 70.1 cm³/mol. The topological polar surface area (TPSA) is 26.3 Å². The number of carbonyl (C=O) groups excluding carboxylic acids is 1. The van der Waals surface area contributed by atoms with Crippen LogP contribution in [-0.4, -0.2) is 12.9 Å². The molecule has 2 aromatic rings. The molecule has 0 aliphatic rings. The van der Waals surface area contributed by atoms with Gasteiger partial charge in [0, 0.05) is 6.42 Å². The Morgan fingerprint density at radius 1 is 1.35 bits per heavy atom. The lowest BCUT2D eigenvalue weighted by Gasteiger charge is -2.03. The molecule has 0 radical (unpaired) electrons. The number of methoxy groups -OCH3 is 1. The first-order valence-electron chi connectivity index (χ1n) is 5.41. The van der Waals surface area contributed by atoms with Crippen molar-refractivity contribution in [2.75, 3.05) is 7.11 Å². The number of benzene rings is 1. The van der Waals surface area contributed by atoms with Gasteiger partial charge in [0.05, 0.1) is 12.0 Å². The van der Waals surface area contributed by atoms with Crippen molar-refractivity contribution in [3.05, 3.63) is 51.7 Å². The largest absolute Gasteiger partial charge is 0.497 e. The molecule has 0 bridgehead atoms. The monoisotopic (exact) mass is 246 g/mol. The summed E-state index contributed by atoms with van der Waals surface area (Å²) in [5.74, 6) is 0.962. The number of thiophene rings is 1. The molecule has 2 nitrogen and oxygen atoms in total. The van der Waals surface area contributed by atoms with Crippen LogP contribution < -0.4 is 4.74 Å². The molecular weight excluding hydrogens is 232 g/mol. The normalized spacial score (nSPS) is 10.2. The molecule has 0 aliphatic carbocycles. The lowest BCUT2D eigenvalue weighted by atomic mass is 10.1. The van der Waals surface area contributed by atoms with Crippen molar-refractivity contribution in [3.8, 4) is 5.75 Å². The van der Waals surface area contributed by atoms with Gasteiger partial charge >= 0.3 is 0 Å². The fourth-order valence-electron chi connectivity index (χ4n) is 1.71. The minimum absolute atomic E-state index is 0.172. The third-order valence-electron chi connectivity index (χ3n) is 2.61. The quantitative estimate of drug-likeness (QED) is 0.772. The molecule has 0 amide bonds. The number of ketones is 1. The Morgan fingerprint density at radius 2 is 2.18 bits per heavy atom. The summed E-state index contributed by atoms with van der Waals surface area (Å²) in [4.78, 5) is 12.9. The summed E-state index contributed by atoms with van der Waals surface area (Å²) in [5.41, 5.74) is 2.05. The molecular formula is C14H14O2S. The number of hydrogen-bond acceptors (Lipinski definition) is 3. The van der Waals surface area contributed by atoms with Gasteiger partial charge in [-0.15, -0.1) is 11.3 Å². The third-order valence-corrected chi connectivity index (χ3v) is 3.67. The van der Waals surface area contributed by atoms with Crippen LogP contribution in [0, 0.1) is 6.92 Å². The van der Waals surface area contributed by atoms with Crippen molar-refractivity contribution in [2.24, 2.45) is 0 Å². The van der Waals surface area contributed by atoms with E-state index in [4.69, 9.17) is 4.74 Å². The Morgan fingerprint density at radius 3 is 2.82 bits per heavy atom. The maximum Gasteiger partial charge on any atom is 0.177 e. The van der Waals surface area contributed by atoms with Crippen molar-refractivity contribution in [2.45, 2.75) is 13.3 Å². The molecule has 0 N–H and O–H groups in total. The fraction of sp³-hybridized carbons (Fsp3) is 0.214. The molecule has 0 spiro atoms. The van der Waals surface area contributed by atoms with Gasteiger partial charge in [0.1, 0.15) is 5.75 Å². The number of Topliss-reactive ketones (excluding diaryl/α,β-unsaturated/α-hetero) is 1. The first kappa shape index (κ1) is 11.9. The second-order valence-electron chi connectivity index (χ2n) is 3.88. The van der Waals surface area contributed by atoms with E-state index in [1.165, 1.54) is 11.3 Å². The number of ether oxygens (including phenoxy) is 1. The zero-order valence-electron chi connectivity index (χ0n) is 9.90. The van der Waals surface area contributed by atoms with E-state index >= 15 is 0 Å². The molecule has 0 fully saturated rings. The fourth-order valence-corrected chi connectivity index (χ4v) is 2.57. The van der Waals surface area contributed by atoms with Gasteiger partial charge in [-0.25, -0.2) is 0 Å². The van der Waals surface area contributed by atoms with E-state index in [9.17, 15) is 4.79 Å². The van der Waals surface area contributed by atoms with Crippen LogP contribution >= 0.6 is 11.3 Å².